The Bertz CT molecular complexity index is 325. The van der Waals surface area contributed by atoms with Crippen LogP contribution >= 0.6 is 11.3 Å². The number of thiazole rings is 1. The van der Waals surface area contributed by atoms with Crippen molar-refractivity contribution in [3.8, 4) is 0 Å². The van der Waals surface area contributed by atoms with Gasteiger partial charge in [-0.1, -0.05) is 13.8 Å². The van der Waals surface area contributed by atoms with Crippen LogP contribution in [0.4, 0.5) is 0 Å². The highest BCUT2D eigenvalue weighted by Gasteiger charge is 2.09. The lowest BCUT2D eigenvalue weighted by Crippen LogP contribution is -2.35. The number of nitrogens with one attached hydrogen (secondary N) is 2. The number of carbonyl (C=O) groups is 1. The molecule has 1 heterocycles. The van der Waals surface area contributed by atoms with Crippen molar-refractivity contribution in [2.75, 3.05) is 13.1 Å². The number of nitrogens with zero attached hydrogens (tertiary/aromatic N) is 1. The molecule has 0 aromatic carbocycles. The number of hydrogen-bond acceptors (Lipinski definition) is 4. The molecule has 0 bridgehead atoms. The summed E-state index contributed by atoms with van der Waals surface area (Å²) < 4.78 is 0. The highest BCUT2D eigenvalue weighted by Crippen LogP contribution is 2.13. The Kier molecular flexibility index (Phi) is 6.15. The zero-order valence-electron chi connectivity index (χ0n) is 10.7. The first-order valence-electron chi connectivity index (χ1n) is 5.99. The summed E-state index contributed by atoms with van der Waals surface area (Å²) in [5.41, 5.74) is 0. The monoisotopic (exact) mass is 255 g/mol. The van der Waals surface area contributed by atoms with E-state index in [0.717, 1.165) is 18.0 Å². The Morgan fingerprint density at radius 3 is 2.82 bits per heavy atom. The van der Waals surface area contributed by atoms with Crippen molar-refractivity contribution in [2.45, 2.75) is 33.2 Å². The van der Waals surface area contributed by atoms with Crippen LogP contribution in [-0.2, 0) is 4.79 Å². The highest BCUT2D eigenvalue weighted by molar-refractivity contribution is 7.09. The third-order valence-corrected chi connectivity index (χ3v) is 3.39. The lowest BCUT2D eigenvalue weighted by Gasteiger charge is -2.11. The minimum absolute atomic E-state index is 0.0501. The second kappa shape index (κ2) is 7.40. The van der Waals surface area contributed by atoms with Crippen LogP contribution in [0.5, 0.6) is 0 Å². The molecule has 0 fully saturated rings. The normalized spacial score (nSPS) is 12.7. The number of amides is 1. The van der Waals surface area contributed by atoms with Gasteiger partial charge in [-0.05, 0) is 19.3 Å². The summed E-state index contributed by atoms with van der Waals surface area (Å²) >= 11 is 1.60. The Morgan fingerprint density at radius 2 is 2.24 bits per heavy atom. The molecule has 0 aliphatic heterocycles. The van der Waals surface area contributed by atoms with Gasteiger partial charge in [-0.2, -0.15) is 0 Å². The first-order chi connectivity index (χ1) is 8.09. The number of hydrogen-bond donors (Lipinski definition) is 2. The van der Waals surface area contributed by atoms with Crippen LogP contribution in [0, 0.1) is 5.92 Å². The number of carbonyl (C=O) groups excluding carboxylic acids is 1. The summed E-state index contributed by atoms with van der Waals surface area (Å²) in [4.78, 5) is 15.7. The molecular weight excluding hydrogens is 234 g/mol. The minimum atomic E-state index is 0.0501. The van der Waals surface area contributed by atoms with E-state index >= 15 is 0 Å². The maximum Gasteiger partial charge on any atom is 0.233 e. The molecule has 1 aromatic rings. The van der Waals surface area contributed by atoms with Gasteiger partial charge in [0.1, 0.15) is 5.01 Å². The fourth-order valence-electron chi connectivity index (χ4n) is 1.34. The predicted octanol–water partition coefficient (Wildman–Crippen LogP) is 1.96. The summed E-state index contributed by atoms with van der Waals surface area (Å²) in [6.45, 7) is 7.41. The van der Waals surface area contributed by atoms with E-state index < -0.39 is 0 Å². The smallest absolute Gasteiger partial charge is 0.233 e. The molecule has 0 saturated heterocycles. The van der Waals surface area contributed by atoms with Gasteiger partial charge in [0.25, 0.3) is 0 Å². The van der Waals surface area contributed by atoms with E-state index in [2.05, 4.69) is 29.5 Å². The molecule has 5 heteroatoms. The van der Waals surface area contributed by atoms with Gasteiger partial charge in [-0.15, -0.1) is 11.3 Å². The molecule has 0 spiro atoms. The minimum Gasteiger partial charge on any atom is -0.355 e. The topological polar surface area (TPSA) is 54.0 Å². The van der Waals surface area contributed by atoms with E-state index in [1.54, 1.807) is 17.5 Å². The van der Waals surface area contributed by atoms with Crippen molar-refractivity contribution in [1.29, 1.82) is 0 Å². The molecule has 0 radical (unpaired) electrons. The third kappa shape index (κ3) is 5.79. The average molecular weight is 255 g/mol. The molecule has 1 rings (SSSR count). The van der Waals surface area contributed by atoms with E-state index in [-0.39, 0.29) is 11.9 Å². The maximum atomic E-state index is 11.5. The SMILES string of the molecule is CC(C)CCNC(=O)CNC(C)c1nccs1. The van der Waals surface area contributed by atoms with Gasteiger partial charge in [0.15, 0.2) is 0 Å². The average Bonchev–Trinajstić information content (AvgIpc) is 2.78. The van der Waals surface area contributed by atoms with Crippen LogP contribution in [0.3, 0.4) is 0 Å². The van der Waals surface area contributed by atoms with Gasteiger partial charge < -0.3 is 5.32 Å². The predicted molar refractivity (Wildman–Crippen MR) is 71.0 cm³/mol. The molecule has 1 atom stereocenters. The van der Waals surface area contributed by atoms with Crippen molar-refractivity contribution in [3.63, 3.8) is 0 Å². The maximum absolute atomic E-state index is 11.5. The van der Waals surface area contributed by atoms with Crippen LogP contribution in [0.1, 0.15) is 38.2 Å². The molecule has 96 valence electrons. The molecule has 2 N–H and O–H groups in total. The van der Waals surface area contributed by atoms with E-state index in [0.29, 0.717) is 12.5 Å². The first kappa shape index (κ1) is 14.1. The quantitative estimate of drug-likeness (QED) is 0.783. The third-order valence-electron chi connectivity index (χ3n) is 2.43. The largest absolute Gasteiger partial charge is 0.355 e. The molecule has 17 heavy (non-hydrogen) atoms. The molecule has 1 aromatic heterocycles. The fourth-order valence-corrected chi connectivity index (χ4v) is 2.01. The second-order valence-corrected chi connectivity index (χ2v) is 5.43. The van der Waals surface area contributed by atoms with Gasteiger partial charge in [0, 0.05) is 18.1 Å². The number of aromatic nitrogens is 1. The molecule has 1 amide bonds. The molecule has 0 saturated carbocycles. The summed E-state index contributed by atoms with van der Waals surface area (Å²) in [6.07, 6.45) is 2.80. The molecular formula is C12H21N3OS. The lowest BCUT2D eigenvalue weighted by atomic mass is 10.1. The highest BCUT2D eigenvalue weighted by atomic mass is 32.1. The van der Waals surface area contributed by atoms with Crippen molar-refractivity contribution >= 4 is 17.2 Å². The van der Waals surface area contributed by atoms with Crippen LogP contribution in [-0.4, -0.2) is 24.0 Å². The van der Waals surface area contributed by atoms with Crippen LogP contribution in [0.2, 0.25) is 0 Å². The zero-order valence-corrected chi connectivity index (χ0v) is 11.5. The molecule has 4 nitrogen and oxygen atoms in total. The van der Waals surface area contributed by atoms with E-state index in [9.17, 15) is 4.79 Å². The van der Waals surface area contributed by atoms with Crippen molar-refractivity contribution < 1.29 is 4.79 Å². The Hall–Kier alpha value is -0.940. The summed E-state index contributed by atoms with van der Waals surface area (Å²) in [6, 6.07) is 0.130. The van der Waals surface area contributed by atoms with Gasteiger partial charge in [-0.25, -0.2) is 4.98 Å². The Labute approximate surface area is 107 Å². The van der Waals surface area contributed by atoms with Crippen molar-refractivity contribution in [1.82, 2.24) is 15.6 Å². The second-order valence-electron chi connectivity index (χ2n) is 4.51. The fraction of sp³-hybridized carbons (Fsp3) is 0.667. The summed E-state index contributed by atoms with van der Waals surface area (Å²) in [7, 11) is 0. The summed E-state index contributed by atoms with van der Waals surface area (Å²) in [5.74, 6) is 0.673. The van der Waals surface area contributed by atoms with Crippen LogP contribution in [0.15, 0.2) is 11.6 Å². The Balaban J connectivity index is 2.15. The van der Waals surface area contributed by atoms with Crippen LogP contribution in [0.25, 0.3) is 0 Å². The van der Waals surface area contributed by atoms with Gasteiger partial charge >= 0.3 is 0 Å². The van der Waals surface area contributed by atoms with Crippen molar-refractivity contribution in [2.24, 2.45) is 5.92 Å². The van der Waals surface area contributed by atoms with E-state index in [4.69, 9.17) is 0 Å². The standard InChI is InChI=1S/C12H21N3OS/c1-9(2)4-5-13-11(16)8-15-10(3)12-14-6-7-17-12/h6-7,9-10,15H,4-5,8H2,1-3H3,(H,13,16). The van der Waals surface area contributed by atoms with Gasteiger partial charge in [-0.3, -0.25) is 10.1 Å². The van der Waals surface area contributed by atoms with Gasteiger partial charge in [0.05, 0.1) is 12.6 Å². The number of rotatable bonds is 7. The lowest BCUT2D eigenvalue weighted by molar-refractivity contribution is -0.120. The summed E-state index contributed by atoms with van der Waals surface area (Å²) in [5, 5.41) is 9.01. The van der Waals surface area contributed by atoms with Gasteiger partial charge in [0.2, 0.25) is 5.91 Å². The molecule has 0 aliphatic carbocycles. The van der Waals surface area contributed by atoms with E-state index in [1.165, 1.54) is 0 Å². The Morgan fingerprint density at radius 1 is 1.47 bits per heavy atom. The first-order valence-corrected chi connectivity index (χ1v) is 6.87. The zero-order chi connectivity index (χ0) is 12.7. The van der Waals surface area contributed by atoms with E-state index in [1.807, 2.05) is 12.3 Å². The van der Waals surface area contributed by atoms with Crippen molar-refractivity contribution in [3.05, 3.63) is 16.6 Å². The molecule has 0 aliphatic rings. The molecule has 1 unspecified atom stereocenters. The van der Waals surface area contributed by atoms with Crippen LogP contribution < -0.4 is 10.6 Å².